The van der Waals surface area contributed by atoms with E-state index in [4.69, 9.17) is 4.42 Å². The van der Waals surface area contributed by atoms with E-state index in [1.54, 1.807) is 0 Å². The van der Waals surface area contributed by atoms with Gasteiger partial charge in [0.2, 0.25) is 0 Å². The largest absolute Gasteiger partial charge is 0.441 e. The molecule has 0 amide bonds. The van der Waals surface area contributed by atoms with Crippen LogP contribution in [0.5, 0.6) is 0 Å². The van der Waals surface area contributed by atoms with Gasteiger partial charge in [0, 0.05) is 25.2 Å². The Labute approximate surface area is 107 Å². The monoisotopic (exact) mass is 245 g/mol. The van der Waals surface area contributed by atoms with Gasteiger partial charge in [0.05, 0.1) is 0 Å². The second kappa shape index (κ2) is 4.98. The summed E-state index contributed by atoms with van der Waals surface area (Å²) in [5.74, 6) is 1.45. The summed E-state index contributed by atoms with van der Waals surface area (Å²) >= 11 is 0. The third-order valence-electron chi connectivity index (χ3n) is 3.49. The van der Waals surface area contributed by atoms with Crippen LogP contribution in [0.2, 0.25) is 0 Å². The average molecular weight is 245 g/mol. The number of aromatic nitrogens is 1. The van der Waals surface area contributed by atoms with Crippen LogP contribution in [-0.2, 0) is 0 Å². The predicted molar refractivity (Wildman–Crippen MR) is 72.8 cm³/mol. The van der Waals surface area contributed by atoms with Crippen LogP contribution >= 0.6 is 0 Å². The summed E-state index contributed by atoms with van der Waals surface area (Å²) in [6.07, 6.45) is 2.59. The molecule has 2 aromatic rings. The number of piperidine rings is 1. The molecule has 1 atom stereocenters. The highest BCUT2D eigenvalue weighted by Gasteiger charge is 2.12. The molecule has 1 aliphatic heterocycles. The lowest BCUT2D eigenvalue weighted by Gasteiger charge is -2.23. The summed E-state index contributed by atoms with van der Waals surface area (Å²) < 4.78 is 5.54. The second-order valence-corrected chi connectivity index (χ2v) is 5.01. The van der Waals surface area contributed by atoms with E-state index >= 15 is 0 Å². The minimum Gasteiger partial charge on any atom is -0.441 e. The van der Waals surface area contributed by atoms with Crippen molar-refractivity contribution in [1.82, 2.24) is 10.3 Å². The van der Waals surface area contributed by atoms with Crippen molar-refractivity contribution in [2.45, 2.75) is 19.8 Å². The number of oxazole rings is 1. The Morgan fingerprint density at radius 2 is 2.44 bits per heavy atom. The molecule has 1 aromatic heterocycles. The van der Waals surface area contributed by atoms with Crippen molar-refractivity contribution in [1.29, 1.82) is 0 Å². The molecule has 1 fully saturated rings. The fourth-order valence-corrected chi connectivity index (χ4v) is 2.51. The van der Waals surface area contributed by atoms with Crippen LogP contribution in [0.25, 0.3) is 11.1 Å². The van der Waals surface area contributed by atoms with Crippen molar-refractivity contribution in [2.24, 2.45) is 5.92 Å². The highest BCUT2D eigenvalue weighted by atomic mass is 16.3. The number of hydrogen-bond donors (Lipinski definition) is 2. The summed E-state index contributed by atoms with van der Waals surface area (Å²) in [5, 5.41) is 6.92. The van der Waals surface area contributed by atoms with Gasteiger partial charge in [0.15, 0.2) is 11.5 Å². The van der Waals surface area contributed by atoms with Crippen LogP contribution in [0.1, 0.15) is 18.7 Å². The fraction of sp³-hybridized carbons (Fsp3) is 0.500. The highest BCUT2D eigenvalue weighted by molar-refractivity contribution is 5.77. The summed E-state index contributed by atoms with van der Waals surface area (Å²) in [7, 11) is 0. The zero-order chi connectivity index (χ0) is 12.4. The molecule has 3 rings (SSSR count). The first-order valence-corrected chi connectivity index (χ1v) is 6.63. The third kappa shape index (κ3) is 2.48. The molecule has 1 unspecified atom stereocenters. The number of fused-ring (bicyclic) bond motifs is 1. The molecule has 4 nitrogen and oxygen atoms in total. The smallest absolute Gasteiger partial charge is 0.192 e. The number of nitrogens with zero attached hydrogens (tertiary/aromatic N) is 1. The van der Waals surface area contributed by atoms with Crippen molar-refractivity contribution in [3.63, 3.8) is 0 Å². The standard InChI is InChI=1S/C14H19N3O/c1-10-17-13-5-4-12(7-14(13)18-10)16-9-11-3-2-6-15-8-11/h4-5,7,11,15-16H,2-3,6,8-9H2,1H3. The van der Waals surface area contributed by atoms with Gasteiger partial charge in [-0.15, -0.1) is 0 Å². The van der Waals surface area contributed by atoms with Crippen LogP contribution in [0, 0.1) is 12.8 Å². The first-order valence-electron chi connectivity index (χ1n) is 6.63. The maximum absolute atomic E-state index is 5.54. The Balaban J connectivity index is 1.66. The Morgan fingerprint density at radius 3 is 3.28 bits per heavy atom. The molecule has 1 aliphatic rings. The van der Waals surface area contributed by atoms with E-state index in [-0.39, 0.29) is 0 Å². The van der Waals surface area contributed by atoms with Crippen molar-refractivity contribution < 1.29 is 4.42 Å². The zero-order valence-corrected chi connectivity index (χ0v) is 10.7. The van der Waals surface area contributed by atoms with Crippen molar-refractivity contribution >= 4 is 16.8 Å². The van der Waals surface area contributed by atoms with E-state index in [0.29, 0.717) is 0 Å². The SMILES string of the molecule is Cc1nc2ccc(NCC3CCCNC3)cc2o1. The summed E-state index contributed by atoms with van der Waals surface area (Å²) in [6.45, 7) is 5.18. The lowest BCUT2D eigenvalue weighted by atomic mass is 10.00. The molecule has 4 heteroatoms. The van der Waals surface area contributed by atoms with Gasteiger partial charge in [-0.05, 0) is 44.0 Å². The number of benzene rings is 1. The van der Waals surface area contributed by atoms with Crippen LogP contribution < -0.4 is 10.6 Å². The zero-order valence-electron chi connectivity index (χ0n) is 10.7. The van der Waals surface area contributed by atoms with E-state index in [2.05, 4.69) is 21.7 Å². The molecule has 2 heterocycles. The number of aryl methyl sites for hydroxylation is 1. The molecule has 1 aromatic carbocycles. The Hall–Kier alpha value is -1.55. The van der Waals surface area contributed by atoms with E-state index in [1.165, 1.54) is 19.4 Å². The van der Waals surface area contributed by atoms with Crippen molar-refractivity contribution in [2.75, 3.05) is 25.0 Å². The molecular weight excluding hydrogens is 226 g/mol. The topological polar surface area (TPSA) is 50.1 Å². The van der Waals surface area contributed by atoms with Gasteiger partial charge in [0.25, 0.3) is 0 Å². The van der Waals surface area contributed by atoms with Gasteiger partial charge < -0.3 is 15.1 Å². The minimum atomic E-state index is 0.721. The molecular formula is C14H19N3O. The minimum absolute atomic E-state index is 0.721. The maximum atomic E-state index is 5.54. The summed E-state index contributed by atoms with van der Waals surface area (Å²) in [6, 6.07) is 6.11. The predicted octanol–water partition coefficient (Wildman–Crippen LogP) is 2.55. The first-order chi connectivity index (χ1) is 8.81. The van der Waals surface area contributed by atoms with Crippen LogP contribution in [0.4, 0.5) is 5.69 Å². The van der Waals surface area contributed by atoms with Gasteiger partial charge in [-0.1, -0.05) is 0 Å². The second-order valence-electron chi connectivity index (χ2n) is 5.01. The van der Waals surface area contributed by atoms with Gasteiger partial charge in [-0.25, -0.2) is 4.98 Å². The lowest BCUT2D eigenvalue weighted by molar-refractivity contribution is 0.393. The quantitative estimate of drug-likeness (QED) is 0.872. The van der Waals surface area contributed by atoms with Gasteiger partial charge in [-0.3, -0.25) is 0 Å². The molecule has 2 N–H and O–H groups in total. The first kappa shape index (κ1) is 11.5. The fourth-order valence-electron chi connectivity index (χ4n) is 2.51. The molecule has 0 saturated carbocycles. The van der Waals surface area contributed by atoms with Gasteiger partial charge in [-0.2, -0.15) is 0 Å². The maximum Gasteiger partial charge on any atom is 0.192 e. The van der Waals surface area contributed by atoms with E-state index in [9.17, 15) is 0 Å². The van der Waals surface area contributed by atoms with Crippen molar-refractivity contribution in [3.8, 4) is 0 Å². The van der Waals surface area contributed by atoms with Gasteiger partial charge in [0.1, 0.15) is 5.52 Å². The Morgan fingerprint density at radius 1 is 1.50 bits per heavy atom. The van der Waals surface area contributed by atoms with E-state index in [0.717, 1.165) is 41.7 Å². The van der Waals surface area contributed by atoms with Crippen LogP contribution in [0.15, 0.2) is 22.6 Å². The summed E-state index contributed by atoms with van der Waals surface area (Å²) in [5.41, 5.74) is 2.90. The number of rotatable bonds is 3. The highest BCUT2D eigenvalue weighted by Crippen LogP contribution is 2.20. The average Bonchev–Trinajstić information content (AvgIpc) is 2.77. The molecule has 0 aliphatic carbocycles. The Bertz CT molecular complexity index is 529. The molecule has 0 spiro atoms. The normalized spacial score (nSPS) is 20.2. The summed E-state index contributed by atoms with van der Waals surface area (Å²) in [4.78, 5) is 4.30. The van der Waals surface area contributed by atoms with E-state index in [1.807, 2.05) is 19.1 Å². The number of anilines is 1. The number of hydrogen-bond acceptors (Lipinski definition) is 4. The molecule has 96 valence electrons. The Kier molecular flexibility index (Phi) is 3.19. The van der Waals surface area contributed by atoms with Crippen LogP contribution in [-0.4, -0.2) is 24.6 Å². The van der Waals surface area contributed by atoms with Gasteiger partial charge >= 0.3 is 0 Å². The molecule has 1 saturated heterocycles. The lowest BCUT2D eigenvalue weighted by Crippen LogP contribution is -2.33. The van der Waals surface area contributed by atoms with E-state index < -0.39 is 0 Å². The number of nitrogens with one attached hydrogen (secondary N) is 2. The van der Waals surface area contributed by atoms with Crippen LogP contribution in [0.3, 0.4) is 0 Å². The third-order valence-corrected chi connectivity index (χ3v) is 3.49. The van der Waals surface area contributed by atoms with Crippen molar-refractivity contribution in [3.05, 3.63) is 24.1 Å². The molecule has 0 radical (unpaired) electrons. The molecule has 18 heavy (non-hydrogen) atoms. The molecule has 0 bridgehead atoms.